The van der Waals surface area contributed by atoms with Crippen molar-refractivity contribution in [3.63, 3.8) is 0 Å². The Morgan fingerprint density at radius 2 is 1.89 bits per heavy atom. The van der Waals surface area contributed by atoms with E-state index in [1.807, 2.05) is 0 Å². The Kier molecular flexibility index (Phi) is 5.94. The number of nitrogens with two attached hydrogens (primary N) is 1. The minimum absolute atomic E-state index is 0.0353. The summed E-state index contributed by atoms with van der Waals surface area (Å²) in [7, 11) is 0. The summed E-state index contributed by atoms with van der Waals surface area (Å²) in [4.78, 5) is 62.8. The molecule has 9 nitrogen and oxygen atoms in total. The van der Waals surface area contributed by atoms with Crippen molar-refractivity contribution in [3.05, 3.63) is 29.3 Å². The van der Waals surface area contributed by atoms with E-state index < -0.39 is 35.6 Å². The molecule has 0 aromatic heterocycles. The number of hydrogen-bond donors (Lipinski definition) is 1. The number of carbonyl (C=O) groups is 5. The molecule has 144 valence electrons. The molecule has 1 aliphatic heterocycles. The minimum atomic E-state index is -1.22. The van der Waals surface area contributed by atoms with Crippen LogP contribution in [0.5, 0.6) is 0 Å². The third-order valence-corrected chi connectivity index (χ3v) is 4.21. The Morgan fingerprint density at radius 3 is 2.44 bits per heavy atom. The molecule has 0 saturated carbocycles. The quantitative estimate of drug-likeness (QED) is 0.438. The zero-order valence-corrected chi connectivity index (χ0v) is 15.4. The lowest BCUT2D eigenvalue weighted by molar-refractivity contribution is -0.151. The molecule has 0 bridgehead atoms. The molecular formula is C18H21N3O6. The van der Waals surface area contributed by atoms with E-state index in [0.29, 0.717) is 0 Å². The van der Waals surface area contributed by atoms with Crippen molar-refractivity contribution >= 4 is 35.3 Å². The van der Waals surface area contributed by atoms with Crippen molar-refractivity contribution in [1.29, 1.82) is 0 Å². The number of amides is 4. The number of nitrogens with zero attached hydrogens (tertiary/aromatic N) is 2. The van der Waals surface area contributed by atoms with Gasteiger partial charge in [-0.15, -0.1) is 0 Å². The van der Waals surface area contributed by atoms with Gasteiger partial charge in [-0.05, 0) is 19.1 Å². The Hall–Kier alpha value is -3.23. The summed E-state index contributed by atoms with van der Waals surface area (Å²) >= 11 is 0. The predicted molar refractivity (Wildman–Crippen MR) is 94.5 cm³/mol. The van der Waals surface area contributed by atoms with Crippen LogP contribution in [0.2, 0.25) is 0 Å². The summed E-state index contributed by atoms with van der Waals surface area (Å²) in [5, 5.41) is 0. The number of nitrogen functional groups attached to an aromatic ring is 1. The molecular weight excluding hydrogens is 354 g/mol. The fraction of sp³-hybridized carbons (Fsp3) is 0.389. The Labute approximate surface area is 156 Å². The van der Waals surface area contributed by atoms with Gasteiger partial charge in [0.05, 0.1) is 17.7 Å². The van der Waals surface area contributed by atoms with Crippen LogP contribution in [-0.2, 0) is 19.1 Å². The van der Waals surface area contributed by atoms with Crippen LogP contribution in [0.1, 0.15) is 47.9 Å². The van der Waals surface area contributed by atoms with Gasteiger partial charge in [0.2, 0.25) is 5.91 Å². The molecule has 0 radical (unpaired) electrons. The summed E-state index contributed by atoms with van der Waals surface area (Å²) in [6.45, 7) is 3.80. The number of rotatable bonds is 6. The molecule has 9 heteroatoms. The summed E-state index contributed by atoms with van der Waals surface area (Å²) in [6, 6.07) is 3.27. The number of benzene rings is 1. The van der Waals surface area contributed by atoms with E-state index in [1.165, 1.54) is 26.0 Å². The van der Waals surface area contributed by atoms with Gasteiger partial charge in [-0.2, -0.15) is 0 Å². The number of esters is 1. The molecule has 1 aromatic rings. The maximum atomic E-state index is 12.8. The maximum absolute atomic E-state index is 12.8. The first kappa shape index (κ1) is 20.1. The molecule has 2 rings (SSSR count). The SMILES string of the molecule is CCC(=O)N(CCOC(C)=O)C(=O)C(C)N1C(=O)c2cccc(N)c2C1=O. The smallest absolute Gasteiger partial charge is 0.302 e. The zero-order valence-electron chi connectivity index (χ0n) is 15.4. The third kappa shape index (κ3) is 3.81. The van der Waals surface area contributed by atoms with Gasteiger partial charge in [0.1, 0.15) is 12.6 Å². The number of fused-ring (bicyclic) bond motifs is 1. The van der Waals surface area contributed by atoms with Crippen LogP contribution in [0.3, 0.4) is 0 Å². The fourth-order valence-corrected chi connectivity index (χ4v) is 2.85. The topological polar surface area (TPSA) is 127 Å². The lowest BCUT2D eigenvalue weighted by Crippen LogP contribution is -2.52. The molecule has 1 aliphatic rings. The van der Waals surface area contributed by atoms with Gasteiger partial charge in [0, 0.05) is 19.0 Å². The first-order valence-electron chi connectivity index (χ1n) is 8.44. The van der Waals surface area contributed by atoms with Crippen molar-refractivity contribution in [2.45, 2.75) is 33.2 Å². The van der Waals surface area contributed by atoms with Gasteiger partial charge >= 0.3 is 5.97 Å². The molecule has 0 saturated heterocycles. The normalized spacial score (nSPS) is 14.0. The van der Waals surface area contributed by atoms with Gasteiger partial charge in [-0.25, -0.2) is 0 Å². The van der Waals surface area contributed by atoms with Gasteiger partial charge in [0.25, 0.3) is 17.7 Å². The highest BCUT2D eigenvalue weighted by Gasteiger charge is 2.43. The summed E-state index contributed by atoms with van der Waals surface area (Å²) in [5.74, 6) is -3.11. The Bertz CT molecular complexity index is 819. The maximum Gasteiger partial charge on any atom is 0.302 e. The highest BCUT2D eigenvalue weighted by atomic mass is 16.5. The van der Waals surface area contributed by atoms with Crippen molar-refractivity contribution in [1.82, 2.24) is 9.80 Å². The van der Waals surface area contributed by atoms with Crippen LogP contribution in [0.4, 0.5) is 5.69 Å². The van der Waals surface area contributed by atoms with Crippen molar-refractivity contribution < 1.29 is 28.7 Å². The largest absolute Gasteiger partial charge is 0.464 e. The highest BCUT2D eigenvalue weighted by Crippen LogP contribution is 2.29. The van der Waals surface area contributed by atoms with E-state index in [1.54, 1.807) is 13.0 Å². The Balaban J connectivity index is 2.25. The molecule has 1 heterocycles. The number of hydrogen-bond acceptors (Lipinski definition) is 7. The fourth-order valence-electron chi connectivity index (χ4n) is 2.85. The average molecular weight is 375 g/mol. The number of carbonyl (C=O) groups excluding carboxylic acids is 5. The van der Waals surface area contributed by atoms with Gasteiger partial charge in [-0.1, -0.05) is 13.0 Å². The monoisotopic (exact) mass is 375 g/mol. The van der Waals surface area contributed by atoms with Gasteiger partial charge < -0.3 is 10.5 Å². The molecule has 0 spiro atoms. The second-order valence-electron chi connectivity index (χ2n) is 6.00. The Morgan fingerprint density at radius 1 is 1.22 bits per heavy atom. The van der Waals surface area contributed by atoms with Crippen LogP contribution >= 0.6 is 0 Å². The van der Waals surface area contributed by atoms with Crippen LogP contribution in [-0.4, -0.2) is 58.6 Å². The first-order chi connectivity index (χ1) is 12.7. The molecule has 1 unspecified atom stereocenters. The molecule has 2 N–H and O–H groups in total. The van der Waals surface area contributed by atoms with Crippen LogP contribution in [0, 0.1) is 0 Å². The average Bonchev–Trinajstić information content (AvgIpc) is 2.88. The highest BCUT2D eigenvalue weighted by molar-refractivity contribution is 6.25. The number of ether oxygens (including phenoxy) is 1. The molecule has 1 atom stereocenters. The van der Waals surface area contributed by atoms with E-state index in [0.717, 1.165) is 9.80 Å². The van der Waals surface area contributed by atoms with Crippen LogP contribution in [0.15, 0.2) is 18.2 Å². The van der Waals surface area contributed by atoms with E-state index in [9.17, 15) is 24.0 Å². The van der Waals surface area contributed by atoms with E-state index in [4.69, 9.17) is 10.5 Å². The van der Waals surface area contributed by atoms with Crippen molar-refractivity contribution in [3.8, 4) is 0 Å². The zero-order chi connectivity index (χ0) is 20.3. The van der Waals surface area contributed by atoms with Crippen LogP contribution in [0.25, 0.3) is 0 Å². The van der Waals surface area contributed by atoms with E-state index in [2.05, 4.69) is 0 Å². The molecule has 1 aromatic carbocycles. The molecule has 4 amide bonds. The number of anilines is 1. The van der Waals surface area contributed by atoms with Crippen molar-refractivity contribution in [2.24, 2.45) is 0 Å². The summed E-state index contributed by atoms with van der Waals surface area (Å²) in [5.41, 5.74) is 6.10. The third-order valence-electron chi connectivity index (χ3n) is 4.21. The van der Waals surface area contributed by atoms with E-state index in [-0.39, 0.29) is 36.4 Å². The second-order valence-corrected chi connectivity index (χ2v) is 6.00. The van der Waals surface area contributed by atoms with Crippen LogP contribution < -0.4 is 5.73 Å². The van der Waals surface area contributed by atoms with Gasteiger partial charge in [-0.3, -0.25) is 33.8 Å². The molecule has 0 fully saturated rings. The minimum Gasteiger partial charge on any atom is -0.464 e. The van der Waals surface area contributed by atoms with Crippen molar-refractivity contribution in [2.75, 3.05) is 18.9 Å². The lowest BCUT2D eigenvalue weighted by atomic mass is 10.1. The first-order valence-corrected chi connectivity index (χ1v) is 8.44. The van der Waals surface area contributed by atoms with Gasteiger partial charge in [0.15, 0.2) is 0 Å². The second kappa shape index (κ2) is 7.98. The lowest BCUT2D eigenvalue weighted by Gasteiger charge is -2.28. The molecule has 0 aliphatic carbocycles. The van der Waals surface area contributed by atoms with E-state index >= 15 is 0 Å². The summed E-state index contributed by atoms with van der Waals surface area (Å²) < 4.78 is 4.78. The molecule has 27 heavy (non-hydrogen) atoms. The summed E-state index contributed by atoms with van der Waals surface area (Å²) in [6.07, 6.45) is 0.0353. The number of imide groups is 2. The predicted octanol–water partition coefficient (Wildman–Crippen LogP) is 0.582. The standard InChI is InChI=1S/C18H21N3O6/c1-4-14(23)20(8-9-27-11(3)22)16(24)10(2)21-17(25)12-6-5-7-13(19)15(12)18(21)26/h5-7,10H,4,8-9,19H2,1-3H3.